The van der Waals surface area contributed by atoms with E-state index < -0.39 is 23.8 Å². The van der Waals surface area contributed by atoms with Gasteiger partial charge in [-0.05, 0) is 48.4 Å². The lowest BCUT2D eigenvalue weighted by Gasteiger charge is -2.18. The fourth-order valence-electron chi connectivity index (χ4n) is 2.33. The highest BCUT2D eigenvalue weighted by atomic mass is 19.1. The standard InChI is InChI=1S/C19H19F2NO4/c1-12(9-13-3-2-4-15(21)10-13)18(23)22-11-17(19(24)25)26-16-7-5-14(20)6-8-16/h2-8,10,12,17H,9,11H2,1H3,(H,22,23)(H,24,25). The zero-order valence-corrected chi connectivity index (χ0v) is 14.1. The van der Waals surface area contributed by atoms with Crippen LogP contribution < -0.4 is 10.1 Å². The lowest BCUT2D eigenvalue weighted by Crippen LogP contribution is -2.42. The molecule has 138 valence electrons. The van der Waals surface area contributed by atoms with Crippen LogP contribution in [-0.4, -0.2) is 29.6 Å². The summed E-state index contributed by atoms with van der Waals surface area (Å²) >= 11 is 0. The molecular weight excluding hydrogens is 344 g/mol. The van der Waals surface area contributed by atoms with Crippen molar-refractivity contribution in [3.8, 4) is 5.75 Å². The molecule has 26 heavy (non-hydrogen) atoms. The molecule has 0 saturated carbocycles. The van der Waals surface area contributed by atoms with Crippen molar-refractivity contribution >= 4 is 11.9 Å². The minimum atomic E-state index is -1.31. The summed E-state index contributed by atoms with van der Waals surface area (Å²) in [5.74, 6) is -2.77. The summed E-state index contributed by atoms with van der Waals surface area (Å²) in [4.78, 5) is 23.4. The highest BCUT2D eigenvalue weighted by molar-refractivity contribution is 5.80. The predicted octanol–water partition coefficient (Wildman–Crippen LogP) is 2.79. The summed E-state index contributed by atoms with van der Waals surface area (Å²) < 4.78 is 31.3. The van der Waals surface area contributed by atoms with Gasteiger partial charge >= 0.3 is 5.97 Å². The van der Waals surface area contributed by atoms with E-state index in [1.807, 2.05) is 0 Å². The van der Waals surface area contributed by atoms with Gasteiger partial charge in [-0.2, -0.15) is 0 Å². The number of amides is 1. The molecule has 7 heteroatoms. The SMILES string of the molecule is CC(Cc1cccc(F)c1)C(=O)NCC(Oc1ccc(F)cc1)C(=O)O. The average molecular weight is 363 g/mol. The van der Waals surface area contributed by atoms with Crippen molar-refractivity contribution in [2.45, 2.75) is 19.4 Å². The van der Waals surface area contributed by atoms with Crippen LogP contribution in [0.15, 0.2) is 48.5 Å². The summed E-state index contributed by atoms with van der Waals surface area (Å²) in [6, 6.07) is 10.8. The second-order valence-electron chi connectivity index (χ2n) is 5.88. The van der Waals surface area contributed by atoms with Crippen LogP contribution in [0, 0.1) is 17.6 Å². The third kappa shape index (κ3) is 5.84. The number of ether oxygens (including phenoxy) is 1. The van der Waals surface area contributed by atoms with Crippen molar-refractivity contribution in [1.82, 2.24) is 5.32 Å². The molecule has 0 radical (unpaired) electrons. The summed E-state index contributed by atoms with van der Waals surface area (Å²) in [6.45, 7) is 1.41. The van der Waals surface area contributed by atoms with Gasteiger partial charge in [-0.15, -0.1) is 0 Å². The van der Waals surface area contributed by atoms with E-state index in [1.54, 1.807) is 19.1 Å². The number of hydrogen-bond acceptors (Lipinski definition) is 3. The normalized spacial score (nSPS) is 12.9. The van der Waals surface area contributed by atoms with Gasteiger partial charge in [0, 0.05) is 5.92 Å². The molecule has 0 aliphatic heterocycles. The zero-order valence-electron chi connectivity index (χ0n) is 14.1. The van der Waals surface area contributed by atoms with Gasteiger partial charge in [0.1, 0.15) is 17.4 Å². The van der Waals surface area contributed by atoms with Crippen molar-refractivity contribution in [2.75, 3.05) is 6.54 Å². The van der Waals surface area contributed by atoms with Crippen LogP contribution in [0.2, 0.25) is 0 Å². The highest BCUT2D eigenvalue weighted by Gasteiger charge is 2.22. The Morgan fingerprint density at radius 1 is 1.12 bits per heavy atom. The Balaban J connectivity index is 1.89. The Bertz CT molecular complexity index is 764. The predicted molar refractivity (Wildman–Crippen MR) is 90.7 cm³/mol. The number of rotatable bonds is 8. The third-order valence-electron chi connectivity index (χ3n) is 3.71. The van der Waals surface area contributed by atoms with Crippen molar-refractivity contribution in [2.24, 2.45) is 5.92 Å². The van der Waals surface area contributed by atoms with Gasteiger partial charge < -0.3 is 15.2 Å². The molecule has 2 aromatic rings. The van der Waals surface area contributed by atoms with E-state index >= 15 is 0 Å². The number of hydrogen-bond donors (Lipinski definition) is 2. The molecule has 2 atom stereocenters. The molecular formula is C19H19F2NO4. The Hall–Kier alpha value is -2.96. The van der Waals surface area contributed by atoms with Gasteiger partial charge in [-0.3, -0.25) is 4.79 Å². The summed E-state index contributed by atoms with van der Waals surface area (Å²) in [6.07, 6.45) is -0.994. The molecule has 2 unspecified atom stereocenters. The van der Waals surface area contributed by atoms with E-state index in [0.717, 1.165) is 12.1 Å². The van der Waals surface area contributed by atoms with Crippen molar-refractivity contribution < 1.29 is 28.2 Å². The number of carbonyl (C=O) groups excluding carboxylic acids is 1. The van der Waals surface area contributed by atoms with Gasteiger partial charge in [-0.1, -0.05) is 19.1 Å². The minimum Gasteiger partial charge on any atom is -0.478 e. The number of carboxylic acid groups (broad SMARTS) is 1. The van der Waals surface area contributed by atoms with Crippen LogP contribution in [0.5, 0.6) is 5.75 Å². The first-order valence-electron chi connectivity index (χ1n) is 8.02. The quantitative estimate of drug-likeness (QED) is 0.756. The molecule has 0 saturated heterocycles. The largest absolute Gasteiger partial charge is 0.478 e. The number of nitrogens with one attached hydrogen (secondary N) is 1. The van der Waals surface area contributed by atoms with Crippen molar-refractivity contribution in [3.63, 3.8) is 0 Å². The first kappa shape index (κ1) is 19.4. The van der Waals surface area contributed by atoms with Gasteiger partial charge in [0.15, 0.2) is 0 Å². The number of halogens is 2. The van der Waals surface area contributed by atoms with Gasteiger partial charge in [0.25, 0.3) is 0 Å². The zero-order chi connectivity index (χ0) is 19.1. The van der Waals surface area contributed by atoms with E-state index in [1.165, 1.54) is 24.3 Å². The second-order valence-corrected chi connectivity index (χ2v) is 5.88. The smallest absolute Gasteiger partial charge is 0.346 e. The minimum absolute atomic E-state index is 0.181. The van der Waals surface area contributed by atoms with Crippen LogP contribution in [0.3, 0.4) is 0 Å². The molecule has 2 N–H and O–H groups in total. The molecule has 2 aromatic carbocycles. The molecule has 0 aromatic heterocycles. The molecule has 5 nitrogen and oxygen atoms in total. The first-order valence-corrected chi connectivity index (χ1v) is 8.02. The highest BCUT2D eigenvalue weighted by Crippen LogP contribution is 2.14. The fraction of sp³-hybridized carbons (Fsp3) is 0.263. The molecule has 0 aliphatic rings. The van der Waals surface area contributed by atoms with E-state index in [2.05, 4.69) is 5.32 Å². The first-order chi connectivity index (χ1) is 12.3. The molecule has 0 spiro atoms. The van der Waals surface area contributed by atoms with E-state index in [9.17, 15) is 23.5 Å². The van der Waals surface area contributed by atoms with E-state index in [-0.39, 0.29) is 24.0 Å². The van der Waals surface area contributed by atoms with Crippen LogP contribution in [0.25, 0.3) is 0 Å². The van der Waals surface area contributed by atoms with E-state index in [0.29, 0.717) is 12.0 Å². The molecule has 0 fully saturated rings. The van der Waals surface area contributed by atoms with Gasteiger partial charge in [0.2, 0.25) is 12.0 Å². The summed E-state index contributed by atoms with van der Waals surface area (Å²) in [7, 11) is 0. The maximum absolute atomic E-state index is 13.2. The maximum Gasteiger partial charge on any atom is 0.346 e. The molecule has 0 aliphatic carbocycles. The number of carboxylic acids is 1. The molecule has 2 rings (SSSR count). The fourth-order valence-corrected chi connectivity index (χ4v) is 2.33. The van der Waals surface area contributed by atoms with Gasteiger partial charge in [-0.25, -0.2) is 13.6 Å². The topological polar surface area (TPSA) is 75.6 Å². The maximum atomic E-state index is 13.2. The Kier molecular flexibility index (Phi) is 6.66. The van der Waals surface area contributed by atoms with Crippen LogP contribution in [-0.2, 0) is 16.0 Å². The van der Waals surface area contributed by atoms with E-state index in [4.69, 9.17) is 4.74 Å². The lowest BCUT2D eigenvalue weighted by atomic mass is 10.0. The number of aliphatic carboxylic acids is 1. The monoisotopic (exact) mass is 363 g/mol. The Morgan fingerprint density at radius 3 is 2.42 bits per heavy atom. The molecule has 0 heterocycles. The summed E-state index contributed by atoms with van der Waals surface area (Å²) in [5, 5.41) is 11.7. The van der Waals surface area contributed by atoms with Crippen molar-refractivity contribution in [3.05, 3.63) is 65.7 Å². The second kappa shape index (κ2) is 8.94. The Labute approximate surface area is 149 Å². The Morgan fingerprint density at radius 2 is 1.81 bits per heavy atom. The number of benzene rings is 2. The lowest BCUT2D eigenvalue weighted by molar-refractivity contribution is -0.145. The third-order valence-corrected chi connectivity index (χ3v) is 3.71. The molecule has 1 amide bonds. The average Bonchev–Trinajstić information content (AvgIpc) is 2.59. The van der Waals surface area contributed by atoms with Crippen LogP contribution >= 0.6 is 0 Å². The van der Waals surface area contributed by atoms with Gasteiger partial charge in [0.05, 0.1) is 6.54 Å². The molecule has 0 bridgehead atoms. The van der Waals surface area contributed by atoms with Crippen LogP contribution in [0.4, 0.5) is 8.78 Å². The summed E-state index contributed by atoms with van der Waals surface area (Å²) in [5.41, 5.74) is 0.671. The van der Waals surface area contributed by atoms with Crippen LogP contribution in [0.1, 0.15) is 12.5 Å². The van der Waals surface area contributed by atoms with Crippen molar-refractivity contribution in [1.29, 1.82) is 0 Å². The number of carbonyl (C=O) groups is 2.